The molecule has 33 heavy (non-hydrogen) atoms. The van der Waals surface area contributed by atoms with Gasteiger partial charge in [-0.25, -0.2) is 4.79 Å². The van der Waals surface area contributed by atoms with Gasteiger partial charge in [0.25, 0.3) is 0 Å². The lowest BCUT2D eigenvalue weighted by atomic mass is 9.96. The van der Waals surface area contributed by atoms with Crippen molar-refractivity contribution in [1.82, 2.24) is 0 Å². The highest BCUT2D eigenvalue weighted by Gasteiger charge is 2.13. The summed E-state index contributed by atoms with van der Waals surface area (Å²) in [6.45, 7) is 0.862. The van der Waals surface area contributed by atoms with Crippen molar-refractivity contribution in [3.05, 3.63) is 75.8 Å². The minimum atomic E-state index is -2.93. The Morgan fingerprint density at radius 1 is 1.09 bits per heavy atom. The summed E-state index contributed by atoms with van der Waals surface area (Å²) in [5.74, 6) is 0.157. The summed E-state index contributed by atoms with van der Waals surface area (Å²) in [5.41, 5.74) is 3.93. The SMILES string of the molecule is CCOC(=O)COc1cc(C)c(Cc2ccc(O)c(-c3cccc(OC(F)F)c3)c2)c(Br)c1. The summed E-state index contributed by atoms with van der Waals surface area (Å²) < 4.78 is 40.8. The number of phenols is 1. The normalized spacial score (nSPS) is 10.8. The molecule has 0 aliphatic heterocycles. The van der Waals surface area contributed by atoms with E-state index in [1.54, 1.807) is 37.3 Å². The average molecular weight is 521 g/mol. The Bertz CT molecular complexity index is 1110. The summed E-state index contributed by atoms with van der Waals surface area (Å²) in [5, 5.41) is 10.4. The Labute approximate surface area is 199 Å². The van der Waals surface area contributed by atoms with E-state index in [-0.39, 0.29) is 18.1 Å². The third-order valence-corrected chi connectivity index (χ3v) is 5.57. The van der Waals surface area contributed by atoms with Crippen molar-refractivity contribution < 1.29 is 32.9 Å². The van der Waals surface area contributed by atoms with E-state index in [1.165, 1.54) is 12.1 Å². The van der Waals surface area contributed by atoms with Crippen LogP contribution in [0.5, 0.6) is 17.2 Å². The molecule has 3 aromatic carbocycles. The second-order valence-corrected chi connectivity index (χ2v) is 8.08. The molecule has 0 aromatic heterocycles. The van der Waals surface area contributed by atoms with Crippen molar-refractivity contribution in [2.24, 2.45) is 0 Å². The second kappa shape index (κ2) is 11.1. The Kier molecular flexibility index (Phi) is 8.27. The lowest BCUT2D eigenvalue weighted by molar-refractivity contribution is -0.145. The third kappa shape index (κ3) is 6.68. The predicted octanol–water partition coefficient (Wildman–Crippen LogP) is 6.26. The molecule has 0 atom stereocenters. The molecule has 0 saturated carbocycles. The molecule has 8 heteroatoms. The van der Waals surface area contributed by atoms with Gasteiger partial charge in [-0.2, -0.15) is 8.78 Å². The highest BCUT2D eigenvalue weighted by atomic mass is 79.9. The molecule has 0 aliphatic rings. The van der Waals surface area contributed by atoms with Gasteiger partial charge in [0.2, 0.25) is 0 Å². The highest BCUT2D eigenvalue weighted by Crippen LogP contribution is 2.34. The lowest BCUT2D eigenvalue weighted by Crippen LogP contribution is -2.14. The van der Waals surface area contributed by atoms with E-state index in [0.717, 1.165) is 21.2 Å². The van der Waals surface area contributed by atoms with Crippen LogP contribution in [0.2, 0.25) is 0 Å². The van der Waals surface area contributed by atoms with Gasteiger partial charge in [0.05, 0.1) is 6.61 Å². The van der Waals surface area contributed by atoms with Gasteiger partial charge in [-0.1, -0.05) is 34.1 Å². The number of benzene rings is 3. The van der Waals surface area contributed by atoms with Gasteiger partial charge in [-0.3, -0.25) is 0 Å². The van der Waals surface area contributed by atoms with Crippen LogP contribution in [0.4, 0.5) is 8.78 Å². The van der Waals surface area contributed by atoms with Gasteiger partial charge in [0, 0.05) is 10.0 Å². The van der Waals surface area contributed by atoms with Crippen molar-refractivity contribution in [3.63, 3.8) is 0 Å². The zero-order valence-electron chi connectivity index (χ0n) is 18.1. The lowest BCUT2D eigenvalue weighted by Gasteiger charge is -2.14. The van der Waals surface area contributed by atoms with E-state index < -0.39 is 12.6 Å². The molecule has 0 amide bonds. The Hall–Kier alpha value is -3.13. The number of esters is 1. The number of carbonyl (C=O) groups excluding carboxylic acids is 1. The summed E-state index contributed by atoms with van der Waals surface area (Å²) in [7, 11) is 0. The Morgan fingerprint density at radius 3 is 2.58 bits per heavy atom. The van der Waals surface area contributed by atoms with Crippen LogP contribution in [0.25, 0.3) is 11.1 Å². The molecule has 0 aliphatic carbocycles. The summed E-state index contributed by atoms with van der Waals surface area (Å²) in [6.07, 6.45) is 0.547. The Morgan fingerprint density at radius 2 is 1.88 bits per heavy atom. The van der Waals surface area contributed by atoms with Crippen LogP contribution in [-0.2, 0) is 16.0 Å². The molecule has 0 fully saturated rings. The van der Waals surface area contributed by atoms with Crippen LogP contribution in [0, 0.1) is 6.92 Å². The van der Waals surface area contributed by atoms with E-state index in [9.17, 15) is 18.7 Å². The molecule has 0 heterocycles. The number of alkyl halides is 2. The summed E-state index contributed by atoms with van der Waals surface area (Å²) >= 11 is 3.57. The number of halogens is 3. The van der Waals surface area contributed by atoms with Crippen LogP contribution in [0.1, 0.15) is 23.6 Å². The van der Waals surface area contributed by atoms with Crippen molar-refractivity contribution >= 4 is 21.9 Å². The fourth-order valence-electron chi connectivity index (χ4n) is 3.36. The first-order chi connectivity index (χ1) is 15.8. The van der Waals surface area contributed by atoms with Gasteiger partial charge in [-0.15, -0.1) is 0 Å². The number of hydrogen-bond acceptors (Lipinski definition) is 5. The van der Waals surface area contributed by atoms with Crippen molar-refractivity contribution in [2.75, 3.05) is 13.2 Å². The number of hydrogen-bond donors (Lipinski definition) is 1. The number of rotatable bonds is 9. The third-order valence-electron chi connectivity index (χ3n) is 4.87. The van der Waals surface area contributed by atoms with Gasteiger partial charge < -0.3 is 19.3 Å². The van der Waals surface area contributed by atoms with Gasteiger partial charge in [0.1, 0.15) is 17.2 Å². The molecule has 3 aromatic rings. The maximum Gasteiger partial charge on any atom is 0.387 e. The smallest absolute Gasteiger partial charge is 0.387 e. The van der Waals surface area contributed by atoms with Crippen molar-refractivity contribution in [1.29, 1.82) is 0 Å². The molecule has 0 unspecified atom stereocenters. The average Bonchev–Trinajstić information content (AvgIpc) is 2.76. The van der Waals surface area contributed by atoms with E-state index >= 15 is 0 Å². The van der Waals surface area contributed by atoms with Crippen LogP contribution in [0.3, 0.4) is 0 Å². The summed E-state index contributed by atoms with van der Waals surface area (Å²) in [4.78, 5) is 11.5. The van der Waals surface area contributed by atoms with E-state index in [1.807, 2.05) is 19.1 Å². The highest BCUT2D eigenvalue weighted by molar-refractivity contribution is 9.10. The van der Waals surface area contributed by atoms with E-state index in [0.29, 0.717) is 29.9 Å². The quantitative estimate of drug-likeness (QED) is 0.337. The largest absolute Gasteiger partial charge is 0.507 e. The van der Waals surface area contributed by atoms with Crippen LogP contribution < -0.4 is 9.47 Å². The number of phenolic OH excluding ortho intramolecular Hbond substituents is 1. The first-order valence-corrected chi connectivity index (χ1v) is 11.0. The first kappa shape index (κ1) is 24.5. The molecule has 0 spiro atoms. The molecular formula is C25H23BrF2O5. The van der Waals surface area contributed by atoms with E-state index in [4.69, 9.17) is 9.47 Å². The van der Waals surface area contributed by atoms with Crippen molar-refractivity contribution in [2.45, 2.75) is 26.9 Å². The van der Waals surface area contributed by atoms with Crippen LogP contribution in [-0.4, -0.2) is 30.9 Å². The Balaban J connectivity index is 1.82. The molecule has 3 rings (SSSR count). The van der Waals surface area contributed by atoms with Crippen molar-refractivity contribution in [3.8, 4) is 28.4 Å². The molecule has 0 bridgehead atoms. The number of ether oxygens (including phenoxy) is 3. The predicted molar refractivity (Wildman–Crippen MR) is 124 cm³/mol. The monoisotopic (exact) mass is 520 g/mol. The molecule has 0 radical (unpaired) electrons. The zero-order chi connectivity index (χ0) is 24.0. The van der Waals surface area contributed by atoms with E-state index in [2.05, 4.69) is 20.7 Å². The number of aryl methyl sites for hydroxylation is 1. The number of carbonyl (C=O) groups is 1. The summed E-state index contributed by atoms with van der Waals surface area (Å²) in [6, 6.07) is 15.0. The minimum Gasteiger partial charge on any atom is -0.507 e. The maximum atomic E-state index is 12.6. The molecule has 1 N–H and O–H groups in total. The van der Waals surface area contributed by atoms with Crippen LogP contribution >= 0.6 is 15.9 Å². The molecular weight excluding hydrogens is 498 g/mol. The zero-order valence-corrected chi connectivity index (χ0v) is 19.7. The standard InChI is InChI=1S/C25H23BrF2O5/c1-3-31-24(30)14-32-19-9-15(2)20(22(26)13-19)10-16-7-8-23(29)21(11-16)17-5-4-6-18(12-17)33-25(27)28/h4-9,11-13,25,29H,3,10,14H2,1-2H3. The molecule has 5 nitrogen and oxygen atoms in total. The maximum absolute atomic E-state index is 12.6. The van der Waals surface area contributed by atoms with Gasteiger partial charge in [-0.05, 0) is 78.9 Å². The topological polar surface area (TPSA) is 65.0 Å². The number of aromatic hydroxyl groups is 1. The fourth-order valence-corrected chi connectivity index (χ4v) is 4.04. The van der Waals surface area contributed by atoms with Crippen LogP contribution in [0.15, 0.2) is 59.1 Å². The molecule has 0 saturated heterocycles. The second-order valence-electron chi connectivity index (χ2n) is 7.23. The minimum absolute atomic E-state index is 0.0179. The fraction of sp³-hybridized carbons (Fsp3) is 0.240. The van der Waals surface area contributed by atoms with Gasteiger partial charge in [0.15, 0.2) is 6.61 Å². The van der Waals surface area contributed by atoms with Gasteiger partial charge >= 0.3 is 12.6 Å². The first-order valence-electron chi connectivity index (χ1n) is 10.2. The molecule has 174 valence electrons.